The van der Waals surface area contributed by atoms with E-state index in [-0.39, 0.29) is 11.7 Å². The molecule has 8 heteroatoms. The number of thiazole rings is 1. The van der Waals surface area contributed by atoms with Gasteiger partial charge in [0.25, 0.3) is 0 Å². The second-order valence-electron chi connectivity index (χ2n) is 4.72. The van der Waals surface area contributed by atoms with E-state index in [1.54, 1.807) is 6.92 Å². The normalized spacial score (nSPS) is 18.7. The molecular weight excluding hydrogens is 293 g/mol. The van der Waals surface area contributed by atoms with Crippen LogP contribution in [0.1, 0.15) is 36.3 Å². The van der Waals surface area contributed by atoms with Gasteiger partial charge >= 0.3 is 12.1 Å². The quantitative estimate of drug-likeness (QED) is 0.929. The highest BCUT2D eigenvalue weighted by molar-refractivity contribution is 7.15. The molecule has 4 nitrogen and oxygen atoms in total. The average molecular weight is 308 g/mol. The molecule has 112 valence electrons. The van der Waals surface area contributed by atoms with Crippen molar-refractivity contribution in [3.63, 3.8) is 0 Å². The largest absolute Gasteiger partial charge is 0.481 e. The van der Waals surface area contributed by atoms with Crippen LogP contribution >= 0.6 is 11.3 Å². The SMILES string of the molecule is CCN(CC(F)(F)F)c1nc2c(s1)CCCC2C(=O)O. The Kier molecular flexibility index (Phi) is 4.22. The Morgan fingerprint density at radius 3 is 2.80 bits per heavy atom. The lowest BCUT2D eigenvalue weighted by atomic mass is 9.91. The molecule has 1 N–H and O–H groups in total. The Balaban J connectivity index is 2.28. The summed E-state index contributed by atoms with van der Waals surface area (Å²) in [6.07, 6.45) is -2.37. The highest BCUT2D eigenvalue weighted by atomic mass is 32.1. The van der Waals surface area contributed by atoms with Gasteiger partial charge in [0.2, 0.25) is 0 Å². The maximum absolute atomic E-state index is 12.5. The maximum Gasteiger partial charge on any atom is 0.406 e. The zero-order chi connectivity index (χ0) is 14.9. The summed E-state index contributed by atoms with van der Waals surface area (Å²) in [6.45, 7) is 0.748. The molecule has 0 spiro atoms. The van der Waals surface area contributed by atoms with E-state index in [4.69, 9.17) is 5.11 Å². The van der Waals surface area contributed by atoms with Crippen LogP contribution in [-0.2, 0) is 11.2 Å². The highest BCUT2D eigenvalue weighted by Crippen LogP contribution is 2.38. The predicted molar refractivity (Wildman–Crippen MR) is 69.4 cm³/mol. The molecule has 1 atom stereocenters. The van der Waals surface area contributed by atoms with E-state index < -0.39 is 24.6 Å². The lowest BCUT2D eigenvalue weighted by molar-refractivity contribution is -0.139. The minimum atomic E-state index is -4.30. The van der Waals surface area contributed by atoms with E-state index in [1.807, 2.05) is 0 Å². The van der Waals surface area contributed by atoms with Crippen LogP contribution in [0.2, 0.25) is 0 Å². The number of carbonyl (C=O) groups is 1. The molecule has 20 heavy (non-hydrogen) atoms. The van der Waals surface area contributed by atoms with Gasteiger partial charge in [-0.25, -0.2) is 4.98 Å². The first-order valence-electron chi connectivity index (χ1n) is 6.36. The minimum absolute atomic E-state index is 0.184. The fourth-order valence-corrected chi connectivity index (χ4v) is 3.54. The summed E-state index contributed by atoms with van der Waals surface area (Å²) < 4.78 is 37.5. The average Bonchev–Trinajstić information content (AvgIpc) is 2.77. The summed E-state index contributed by atoms with van der Waals surface area (Å²) in [5.74, 6) is -1.64. The monoisotopic (exact) mass is 308 g/mol. The van der Waals surface area contributed by atoms with E-state index in [1.165, 1.54) is 11.3 Å². The summed E-state index contributed by atoms with van der Waals surface area (Å²) in [4.78, 5) is 17.3. The van der Waals surface area contributed by atoms with E-state index in [0.29, 0.717) is 18.5 Å². The van der Waals surface area contributed by atoms with E-state index in [0.717, 1.165) is 16.2 Å². The number of hydrogen-bond acceptors (Lipinski definition) is 4. The first kappa shape index (κ1) is 15.1. The summed E-state index contributed by atoms with van der Waals surface area (Å²) in [5.41, 5.74) is 0.448. The predicted octanol–water partition coefficient (Wildman–Crippen LogP) is 3.04. The maximum atomic E-state index is 12.5. The smallest absolute Gasteiger partial charge is 0.406 e. The number of halogens is 3. The minimum Gasteiger partial charge on any atom is -0.481 e. The van der Waals surface area contributed by atoms with Crippen LogP contribution in [0.5, 0.6) is 0 Å². The molecule has 1 aromatic rings. The molecule has 2 rings (SSSR count). The number of alkyl halides is 3. The summed E-state index contributed by atoms with van der Waals surface area (Å²) in [7, 11) is 0. The number of nitrogens with zero attached hydrogens (tertiary/aromatic N) is 2. The number of fused-ring (bicyclic) bond motifs is 1. The van der Waals surface area contributed by atoms with Crippen molar-refractivity contribution in [2.45, 2.75) is 38.3 Å². The number of carboxylic acid groups (broad SMARTS) is 1. The molecule has 0 fully saturated rings. The fraction of sp³-hybridized carbons (Fsp3) is 0.667. The van der Waals surface area contributed by atoms with Gasteiger partial charge in [0.1, 0.15) is 12.5 Å². The molecule has 1 heterocycles. The summed E-state index contributed by atoms with van der Waals surface area (Å²) >= 11 is 1.18. The molecule has 0 radical (unpaired) electrons. The number of aliphatic carboxylic acids is 1. The third-order valence-electron chi connectivity index (χ3n) is 3.26. The zero-order valence-corrected chi connectivity index (χ0v) is 11.7. The van der Waals surface area contributed by atoms with Gasteiger partial charge in [-0.2, -0.15) is 13.2 Å². The van der Waals surface area contributed by atoms with Crippen LogP contribution in [0, 0.1) is 0 Å². The Labute approximate surface area is 118 Å². The fourth-order valence-electron chi connectivity index (χ4n) is 2.31. The zero-order valence-electron chi connectivity index (χ0n) is 10.9. The molecule has 0 amide bonds. The van der Waals surface area contributed by atoms with Crippen LogP contribution in [0.15, 0.2) is 0 Å². The van der Waals surface area contributed by atoms with Crippen LogP contribution in [0.4, 0.5) is 18.3 Å². The van der Waals surface area contributed by atoms with Gasteiger partial charge in [-0.15, -0.1) is 11.3 Å². The molecule has 0 aromatic carbocycles. The first-order valence-corrected chi connectivity index (χ1v) is 7.17. The highest BCUT2D eigenvalue weighted by Gasteiger charge is 2.34. The molecule has 1 aliphatic rings. The standard InChI is InChI=1S/C12H15F3N2O2S/c1-2-17(6-12(13,14)15)11-16-9-7(10(18)19)4-3-5-8(9)20-11/h7H,2-6H2,1H3,(H,18,19). The van der Waals surface area contributed by atoms with Gasteiger partial charge in [-0.05, 0) is 26.2 Å². The Morgan fingerprint density at radius 1 is 1.55 bits per heavy atom. The third-order valence-corrected chi connectivity index (χ3v) is 4.46. The van der Waals surface area contributed by atoms with Gasteiger partial charge in [0, 0.05) is 11.4 Å². The van der Waals surface area contributed by atoms with Crippen molar-refractivity contribution in [1.82, 2.24) is 4.98 Å². The second-order valence-corrected chi connectivity index (χ2v) is 5.78. The Bertz CT molecular complexity index is 501. The topological polar surface area (TPSA) is 53.4 Å². The Morgan fingerprint density at radius 2 is 2.25 bits per heavy atom. The lowest BCUT2D eigenvalue weighted by Crippen LogP contribution is -2.34. The molecule has 1 aliphatic carbocycles. The van der Waals surface area contributed by atoms with Crippen molar-refractivity contribution in [3.8, 4) is 0 Å². The van der Waals surface area contributed by atoms with Crippen LogP contribution in [0.3, 0.4) is 0 Å². The molecular formula is C12H15F3N2O2S. The van der Waals surface area contributed by atoms with Crippen LogP contribution < -0.4 is 4.90 Å². The number of aryl methyl sites for hydroxylation is 1. The number of hydrogen-bond donors (Lipinski definition) is 1. The molecule has 0 aliphatic heterocycles. The summed E-state index contributed by atoms with van der Waals surface area (Å²) in [6, 6.07) is 0. The molecule has 1 aromatic heterocycles. The van der Waals surface area contributed by atoms with Crippen molar-refractivity contribution in [3.05, 3.63) is 10.6 Å². The Hall–Kier alpha value is -1.31. The van der Waals surface area contributed by atoms with Crippen molar-refractivity contribution in [2.75, 3.05) is 18.0 Å². The lowest BCUT2D eigenvalue weighted by Gasteiger charge is -2.21. The number of anilines is 1. The molecule has 1 unspecified atom stereocenters. The van der Waals surface area contributed by atoms with E-state index in [9.17, 15) is 18.0 Å². The van der Waals surface area contributed by atoms with Gasteiger partial charge in [-0.3, -0.25) is 4.79 Å². The third kappa shape index (κ3) is 3.23. The van der Waals surface area contributed by atoms with Crippen molar-refractivity contribution in [1.29, 1.82) is 0 Å². The van der Waals surface area contributed by atoms with Crippen molar-refractivity contribution < 1.29 is 23.1 Å². The molecule has 0 bridgehead atoms. The number of aromatic nitrogens is 1. The van der Waals surface area contributed by atoms with E-state index in [2.05, 4.69) is 4.98 Å². The van der Waals surface area contributed by atoms with Crippen LogP contribution in [0.25, 0.3) is 0 Å². The van der Waals surface area contributed by atoms with Crippen molar-refractivity contribution >= 4 is 22.4 Å². The second kappa shape index (κ2) is 5.59. The van der Waals surface area contributed by atoms with Gasteiger partial charge in [-0.1, -0.05) is 0 Å². The van der Waals surface area contributed by atoms with Gasteiger partial charge in [0.15, 0.2) is 5.13 Å². The first-order chi connectivity index (χ1) is 9.31. The van der Waals surface area contributed by atoms with E-state index >= 15 is 0 Å². The summed E-state index contributed by atoms with van der Waals surface area (Å²) in [5, 5.41) is 9.41. The number of carboxylic acids is 1. The van der Waals surface area contributed by atoms with Gasteiger partial charge in [0.05, 0.1) is 5.69 Å². The molecule has 0 saturated carbocycles. The van der Waals surface area contributed by atoms with Crippen molar-refractivity contribution in [2.24, 2.45) is 0 Å². The van der Waals surface area contributed by atoms with Gasteiger partial charge < -0.3 is 10.0 Å². The molecule has 0 saturated heterocycles. The number of rotatable bonds is 4. The van der Waals surface area contributed by atoms with Crippen LogP contribution in [-0.4, -0.2) is 35.3 Å².